The molecule has 4 heterocycles. The minimum atomic E-state index is -0.430. The average molecular weight is 429 g/mol. The lowest BCUT2D eigenvalue weighted by Crippen LogP contribution is -2.51. The van der Waals surface area contributed by atoms with Gasteiger partial charge < -0.3 is 20.1 Å². The number of aromatic nitrogens is 3. The Balaban J connectivity index is 1.28. The summed E-state index contributed by atoms with van der Waals surface area (Å²) in [6, 6.07) is 6.42. The summed E-state index contributed by atoms with van der Waals surface area (Å²) in [5.74, 6) is 1.04. The number of nitrogens with one attached hydrogen (secondary N) is 2. The van der Waals surface area contributed by atoms with E-state index in [0.29, 0.717) is 23.2 Å². The molecule has 1 aromatic carbocycles. The van der Waals surface area contributed by atoms with Gasteiger partial charge in [-0.2, -0.15) is 0 Å². The van der Waals surface area contributed by atoms with E-state index in [2.05, 4.69) is 25.2 Å². The van der Waals surface area contributed by atoms with Gasteiger partial charge in [0.05, 0.1) is 18.0 Å². The molecule has 2 atom stereocenters. The Morgan fingerprint density at radius 3 is 3.00 bits per heavy atom. The number of anilines is 2. The Morgan fingerprint density at radius 2 is 2.13 bits per heavy atom. The van der Waals surface area contributed by atoms with Crippen molar-refractivity contribution in [3.63, 3.8) is 0 Å². The van der Waals surface area contributed by atoms with Crippen LogP contribution in [-0.4, -0.2) is 58.0 Å². The molecule has 0 bridgehead atoms. The molecule has 2 N–H and O–H groups in total. The first-order valence-corrected chi connectivity index (χ1v) is 10.5. The topological polar surface area (TPSA) is 77.2 Å². The van der Waals surface area contributed by atoms with Crippen molar-refractivity contribution in [2.75, 3.05) is 36.4 Å². The van der Waals surface area contributed by atoms with E-state index in [0.717, 1.165) is 42.8 Å². The van der Waals surface area contributed by atoms with Gasteiger partial charge in [0.15, 0.2) is 0 Å². The van der Waals surface area contributed by atoms with Crippen molar-refractivity contribution in [2.24, 2.45) is 5.92 Å². The fourth-order valence-electron chi connectivity index (χ4n) is 4.66. The maximum atomic E-state index is 13.5. The summed E-state index contributed by atoms with van der Waals surface area (Å²) in [5.41, 5.74) is 1.33. The number of carbonyl (C=O) groups excluding carboxylic acids is 1. The number of likely N-dealkylation sites (tertiary alicyclic amines) is 1. The zero-order valence-electron chi connectivity index (χ0n) is 16.3. The van der Waals surface area contributed by atoms with Crippen LogP contribution in [0.2, 0.25) is 5.02 Å². The van der Waals surface area contributed by atoms with Gasteiger partial charge in [-0.05, 0) is 43.0 Å². The summed E-state index contributed by atoms with van der Waals surface area (Å²) in [6.07, 6.45) is 5.53. The van der Waals surface area contributed by atoms with Gasteiger partial charge in [0.2, 0.25) is 5.91 Å². The predicted molar refractivity (Wildman–Crippen MR) is 114 cm³/mol. The molecule has 1 amide bonds. The van der Waals surface area contributed by atoms with Gasteiger partial charge in [0.25, 0.3) is 0 Å². The number of amides is 1. The van der Waals surface area contributed by atoms with E-state index >= 15 is 0 Å². The number of halogens is 2. The van der Waals surface area contributed by atoms with Crippen molar-refractivity contribution in [1.29, 1.82) is 0 Å². The fourth-order valence-corrected chi connectivity index (χ4v) is 4.88. The first kappa shape index (κ1) is 19.1. The second kappa shape index (κ2) is 7.75. The second-order valence-electron chi connectivity index (χ2n) is 7.89. The predicted octanol–water partition coefficient (Wildman–Crippen LogP) is 3.29. The van der Waals surface area contributed by atoms with Crippen molar-refractivity contribution < 1.29 is 9.18 Å². The standard InChI is InChI=1S/C21H22ClFN6O/c22-14-7-15(23)9-16(8-14)25-10-19(30)28-5-2-13-3-6-29(18(13)11-28)21-17-1-4-24-20(17)26-12-27-21/h1,4,7-9,12-13,18,25H,2-3,5-6,10-11H2,(H,24,26,27)/t13-,18-/m0/s1. The number of rotatable bonds is 4. The smallest absolute Gasteiger partial charge is 0.241 e. The third-order valence-corrected chi connectivity index (χ3v) is 6.34. The zero-order valence-corrected chi connectivity index (χ0v) is 17.1. The SMILES string of the molecule is O=C(CNc1cc(F)cc(Cl)c1)N1CC[C@H]2CCN(c3ncnc4[nH]ccc34)[C@H]2C1. The molecule has 2 saturated heterocycles. The maximum absolute atomic E-state index is 13.5. The highest BCUT2D eigenvalue weighted by Crippen LogP contribution is 2.36. The molecule has 2 aromatic heterocycles. The summed E-state index contributed by atoms with van der Waals surface area (Å²) in [7, 11) is 0. The van der Waals surface area contributed by atoms with Crippen molar-refractivity contribution in [3.8, 4) is 0 Å². The van der Waals surface area contributed by atoms with Crippen molar-refractivity contribution in [3.05, 3.63) is 47.6 Å². The van der Waals surface area contributed by atoms with E-state index < -0.39 is 5.82 Å². The number of piperidine rings is 1. The number of hydrogen-bond acceptors (Lipinski definition) is 5. The van der Waals surface area contributed by atoms with Crippen LogP contribution >= 0.6 is 11.6 Å². The molecule has 0 radical (unpaired) electrons. The molecule has 0 spiro atoms. The van der Waals surface area contributed by atoms with Crippen molar-refractivity contribution >= 4 is 40.0 Å². The van der Waals surface area contributed by atoms with Crippen LogP contribution in [0, 0.1) is 11.7 Å². The van der Waals surface area contributed by atoms with E-state index in [1.807, 2.05) is 17.2 Å². The van der Waals surface area contributed by atoms with Gasteiger partial charge >= 0.3 is 0 Å². The summed E-state index contributed by atoms with van der Waals surface area (Å²) in [4.78, 5) is 29.0. The Hall–Kier alpha value is -2.87. The molecule has 2 aliphatic rings. The van der Waals surface area contributed by atoms with Crippen molar-refractivity contribution in [1.82, 2.24) is 19.9 Å². The third-order valence-electron chi connectivity index (χ3n) is 6.13. The van der Waals surface area contributed by atoms with E-state index in [4.69, 9.17) is 11.6 Å². The molecule has 0 unspecified atom stereocenters. The first-order valence-electron chi connectivity index (χ1n) is 10.1. The van der Waals surface area contributed by atoms with Crippen LogP contribution in [0.5, 0.6) is 0 Å². The molecule has 2 aliphatic heterocycles. The molecular formula is C21H22ClFN6O. The minimum absolute atomic E-state index is 0.00448. The number of aromatic amines is 1. The summed E-state index contributed by atoms with van der Waals surface area (Å²) in [5, 5.41) is 4.30. The van der Waals surface area contributed by atoms with Crippen LogP contribution in [-0.2, 0) is 4.79 Å². The Kier molecular flexibility index (Phi) is 4.94. The lowest BCUT2D eigenvalue weighted by Gasteiger charge is -2.39. The lowest BCUT2D eigenvalue weighted by atomic mass is 9.92. The third kappa shape index (κ3) is 3.56. The molecule has 0 saturated carbocycles. The van der Waals surface area contributed by atoms with E-state index in [1.165, 1.54) is 12.1 Å². The Bertz CT molecular complexity index is 1070. The fraction of sp³-hybridized carbons (Fsp3) is 0.381. The normalized spacial score (nSPS) is 21.1. The minimum Gasteiger partial charge on any atom is -0.376 e. The summed E-state index contributed by atoms with van der Waals surface area (Å²) >= 11 is 5.89. The molecule has 0 aliphatic carbocycles. The number of nitrogens with zero attached hydrogens (tertiary/aromatic N) is 4. The summed E-state index contributed by atoms with van der Waals surface area (Å²) < 4.78 is 13.5. The van der Waals surface area contributed by atoms with Gasteiger partial charge in [0, 0.05) is 36.5 Å². The van der Waals surface area contributed by atoms with Crippen LogP contribution in [0.25, 0.3) is 11.0 Å². The van der Waals surface area contributed by atoms with Crippen molar-refractivity contribution in [2.45, 2.75) is 18.9 Å². The highest BCUT2D eigenvalue weighted by molar-refractivity contribution is 6.30. The van der Waals surface area contributed by atoms with Gasteiger partial charge in [-0.1, -0.05) is 11.6 Å². The van der Waals surface area contributed by atoms with Gasteiger partial charge in [-0.3, -0.25) is 4.79 Å². The van der Waals surface area contributed by atoms with Gasteiger partial charge in [-0.15, -0.1) is 0 Å². The lowest BCUT2D eigenvalue weighted by molar-refractivity contribution is -0.130. The molecule has 156 valence electrons. The van der Waals surface area contributed by atoms with Gasteiger partial charge in [-0.25, -0.2) is 14.4 Å². The Morgan fingerprint density at radius 1 is 1.27 bits per heavy atom. The van der Waals surface area contributed by atoms with Crippen LogP contribution in [0.1, 0.15) is 12.8 Å². The molecule has 9 heteroatoms. The maximum Gasteiger partial charge on any atom is 0.241 e. The summed E-state index contributed by atoms with van der Waals surface area (Å²) in [6.45, 7) is 2.43. The number of benzene rings is 1. The molecule has 2 fully saturated rings. The van der Waals surface area contributed by atoms with Crippen LogP contribution in [0.3, 0.4) is 0 Å². The van der Waals surface area contributed by atoms with Crippen LogP contribution in [0.4, 0.5) is 15.9 Å². The molecular weight excluding hydrogens is 407 g/mol. The number of carbonyl (C=O) groups is 1. The number of hydrogen-bond donors (Lipinski definition) is 2. The highest BCUT2D eigenvalue weighted by Gasteiger charge is 2.40. The van der Waals surface area contributed by atoms with Crippen LogP contribution in [0.15, 0.2) is 36.8 Å². The van der Waals surface area contributed by atoms with E-state index in [9.17, 15) is 9.18 Å². The molecule has 5 rings (SSSR count). The average Bonchev–Trinajstić information content (AvgIpc) is 3.37. The highest BCUT2D eigenvalue weighted by atomic mass is 35.5. The molecule has 7 nitrogen and oxygen atoms in total. The molecule has 30 heavy (non-hydrogen) atoms. The second-order valence-corrected chi connectivity index (χ2v) is 8.32. The monoisotopic (exact) mass is 428 g/mol. The first-order chi connectivity index (χ1) is 14.6. The zero-order chi connectivity index (χ0) is 20.7. The largest absolute Gasteiger partial charge is 0.376 e. The van der Waals surface area contributed by atoms with E-state index in [-0.39, 0.29) is 18.5 Å². The quantitative estimate of drug-likeness (QED) is 0.666. The van der Waals surface area contributed by atoms with Crippen LogP contribution < -0.4 is 10.2 Å². The number of fused-ring (bicyclic) bond motifs is 2. The number of H-pyrrole nitrogens is 1. The Labute approximate surface area is 178 Å². The van der Waals surface area contributed by atoms with E-state index in [1.54, 1.807) is 12.4 Å². The van der Waals surface area contributed by atoms with Gasteiger partial charge in [0.1, 0.15) is 23.6 Å². The molecule has 3 aromatic rings.